The maximum absolute atomic E-state index is 11.9. The molecule has 0 bridgehead atoms. The second-order valence-corrected chi connectivity index (χ2v) is 7.88. The maximum Gasteiger partial charge on any atom is 0.231 e. The molecule has 0 spiro atoms. The van der Waals surface area contributed by atoms with E-state index in [0.717, 1.165) is 4.90 Å². The van der Waals surface area contributed by atoms with E-state index in [-0.39, 0.29) is 24.4 Å². The van der Waals surface area contributed by atoms with E-state index >= 15 is 0 Å². The van der Waals surface area contributed by atoms with Gasteiger partial charge in [0.2, 0.25) is 12.7 Å². The molecule has 1 aliphatic heterocycles. The highest BCUT2D eigenvalue weighted by molar-refractivity contribution is 7.99. The van der Waals surface area contributed by atoms with E-state index in [1.807, 2.05) is 24.5 Å². The van der Waals surface area contributed by atoms with Crippen molar-refractivity contribution in [3.63, 3.8) is 0 Å². The number of imidazole rings is 1. The van der Waals surface area contributed by atoms with Gasteiger partial charge in [-0.2, -0.15) is 0 Å². The van der Waals surface area contributed by atoms with Crippen LogP contribution < -0.4 is 20.5 Å². The number of carbonyl (C=O) groups excluding carboxylic acids is 1. The largest absolute Gasteiger partial charge is 0.454 e. The van der Waals surface area contributed by atoms with E-state index < -0.39 is 0 Å². The molecule has 3 N–H and O–H groups in total. The molecule has 0 aliphatic carbocycles. The molecule has 1 amide bonds. The maximum atomic E-state index is 11.9. The standard InChI is InChI=1S/C20H20N6O3S/c1-4-12-7-13-14(29-10-28-13)8-15(12)30-20-25-16-17(21)23-9-24-18(16)26(20)6-5-22-19(27)11(2)3/h1,7-9,11H,5-6,10H2,2-3H3,(H,22,27)(H2,21,23,24). The number of amides is 1. The van der Waals surface area contributed by atoms with Crippen LogP contribution in [0.4, 0.5) is 5.82 Å². The van der Waals surface area contributed by atoms with Crippen LogP contribution in [0.5, 0.6) is 11.5 Å². The summed E-state index contributed by atoms with van der Waals surface area (Å²) >= 11 is 1.37. The van der Waals surface area contributed by atoms with Gasteiger partial charge < -0.3 is 25.1 Å². The van der Waals surface area contributed by atoms with Gasteiger partial charge in [-0.25, -0.2) is 15.0 Å². The molecule has 1 aromatic carbocycles. The summed E-state index contributed by atoms with van der Waals surface area (Å²) in [5.74, 6) is 4.10. The summed E-state index contributed by atoms with van der Waals surface area (Å²) in [5.41, 5.74) is 7.75. The van der Waals surface area contributed by atoms with Crippen LogP contribution in [0, 0.1) is 18.3 Å². The molecule has 1 aliphatic rings. The van der Waals surface area contributed by atoms with Crippen LogP contribution in [0.1, 0.15) is 19.4 Å². The minimum Gasteiger partial charge on any atom is -0.454 e. The van der Waals surface area contributed by atoms with Crippen molar-refractivity contribution in [3.05, 3.63) is 24.0 Å². The topological polar surface area (TPSA) is 117 Å². The quantitative estimate of drug-likeness (QED) is 0.578. The van der Waals surface area contributed by atoms with Crippen LogP contribution in [-0.2, 0) is 11.3 Å². The molecule has 0 saturated heterocycles. The summed E-state index contributed by atoms with van der Waals surface area (Å²) in [6.45, 7) is 4.73. The predicted octanol–water partition coefficient (Wildman–Crippen LogP) is 2.04. The fraction of sp³-hybridized carbons (Fsp3) is 0.300. The van der Waals surface area contributed by atoms with Crippen molar-refractivity contribution in [3.8, 4) is 23.8 Å². The first-order valence-corrected chi connectivity index (χ1v) is 10.1. The highest BCUT2D eigenvalue weighted by Gasteiger charge is 2.21. The minimum atomic E-state index is -0.0943. The highest BCUT2D eigenvalue weighted by Crippen LogP contribution is 2.40. The number of nitrogens with two attached hydrogens (primary N) is 1. The number of fused-ring (bicyclic) bond motifs is 2. The molecule has 0 unspecified atom stereocenters. The lowest BCUT2D eigenvalue weighted by Gasteiger charge is -2.11. The zero-order valence-corrected chi connectivity index (χ0v) is 17.3. The number of nitrogens with one attached hydrogen (secondary N) is 1. The van der Waals surface area contributed by atoms with Gasteiger partial charge in [-0.05, 0) is 6.07 Å². The number of benzene rings is 1. The molecular formula is C20H20N6O3S. The summed E-state index contributed by atoms with van der Waals surface area (Å²) in [7, 11) is 0. The molecule has 9 nitrogen and oxygen atoms in total. The van der Waals surface area contributed by atoms with Crippen molar-refractivity contribution in [2.24, 2.45) is 5.92 Å². The molecule has 0 radical (unpaired) electrons. The average Bonchev–Trinajstić information content (AvgIpc) is 3.32. The first-order chi connectivity index (χ1) is 14.5. The fourth-order valence-electron chi connectivity index (χ4n) is 2.93. The number of nitrogens with zero attached hydrogens (tertiary/aromatic N) is 4. The smallest absolute Gasteiger partial charge is 0.231 e. The van der Waals surface area contributed by atoms with Crippen LogP contribution in [-0.4, -0.2) is 38.8 Å². The van der Waals surface area contributed by atoms with Gasteiger partial charge in [-0.15, -0.1) is 6.42 Å². The Morgan fingerprint density at radius 1 is 1.37 bits per heavy atom. The van der Waals surface area contributed by atoms with Crippen molar-refractivity contribution < 1.29 is 14.3 Å². The van der Waals surface area contributed by atoms with E-state index in [1.54, 1.807) is 6.07 Å². The number of terminal acetylenes is 1. The Labute approximate surface area is 177 Å². The molecule has 0 atom stereocenters. The number of hydrogen-bond acceptors (Lipinski definition) is 8. The fourth-order valence-corrected chi connectivity index (χ4v) is 3.94. The van der Waals surface area contributed by atoms with Gasteiger partial charge in [-0.3, -0.25) is 4.79 Å². The number of anilines is 1. The molecule has 154 valence electrons. The first kappa shape index (κ1) is 19.8. The SMILES string of the molecule is C#Cc1cc2c(cc1Sc1nc3c(N)ncnc3n1CCNC(=O)C(C)C)OCO2. The lowest BCUT2D eigenvalue weighted by atomic mass is 10.2. The monoisotopic (exact) mass is 424 g/mol. The Morgan fingerprint density at radius 3 is 2.87 bits per heavy atom. The summed E-state index contributed by atoms with van der Waals surface area (Å²) in [6, 6.07) is 3.61. The number of nitrogen functional groups attached to an aromatic ring is 1. The third-order valence-electron chi connectivity index (χ3n) is 4.52. The second kappa shape index (κ2) is 8.12. The molecule has 4 rings (SSSR count). The molecule has 10 heteroatoms. The van der Waals surface area contributed by atoms with E-state index in [4.69, 9.17) is 21.6 Å². The summed E-state index contributed by atoms with van der Waals surface area (Å²) < 4.78 is 12.8. The van der Waals surface area contributed by atoms with Crippen molar-refractivity contribution in [2.45, 2.75) is 30.4 Å². The van der Waals surface area contributed by atoms with Gasteiger partial charge >= 0.3 is 0 Å². The molecule has 0 saturated carbocycles. The zero-order chi connectivity index (χ0) is 21.3. The Morgan fingerprint density at radius 2 is 2.13 bits per heavy atom. The summed E-state index contributed by atoms with van der Waals surface area (Å²) in [4.78, 5) is 25.7. The van der Waals surface area contributed by atoms with Gasteiger partial charge in [0, 0.05) is 35.5 Å². The van der Waals surface area contributed by atoms with Gasteiger partial charge in [-0.1, -0.05) is 31.5 Å². The Balaban J connectivity index is 1.69. The molecular weight excluding hydrogens is 404 g/mol. The highest BCUT2D eigenvalue weighted by atomic mass is 32.2. The third-order valence-corrected chi connectivity index (χ3v) is 5.57. The number of aromatic nitrogens is 4. The van der Waals surface area contributed by atoms with Crippen molar-refractivity contribution in [1.82, 2.24) is 24.8 Å². The number of hydrogen-bond donors (Lipinski definition) is 2. The first-order valence-electron chi connectivity index (χ1n) is 9.30. The zero-order valence-electron chi connectivity index (χ0n) is 16.5. The number of ether oxygens (including phenoxy) is 2. The van der Waals surface area contributed by atoms with Gasteiger partial charge in [0.15, 0.2) is 33.6 Å². The average molecular weight is 424 g/mol. The molecule has 2 aromatic heterocycles. The second-order valence-electron chi connectivity index (χ2n) is 6.87. The lowest BCUT2D eigenvalue weighted by Crippen LogP contribution is -2.30. The van der Waals surface area contributed by atoms with E-state index in [2.05, 4.69) is 26.2 Å². The Hall–Kier alpha value is -3.45. The van der Waals surface area contributed by atoms with E-state index in [9.17, 15) is 4.79 Å². The Kier molecular flexibility index (Phi) is 5.37. The molecule has 3 aromatic rings. The number of carbonyl (C=O) groups is 1. The van der Waals surface area contributed by atoms with Crippen molar-refractivity contribution >= 4 is 34.7 Å². The van der Waals surface area contributed by atoms with Crippen molar-refractivity contribution in [1.29, 1.82) is 0 Å². The summed E-state index contributed by atoms with van der Waals surface area (Å²) in [6.07, 6.45) is 7.09. The van der Waals surface area contributed by atoms with Crippen LogP contribution in [0.2, 0.25) is 0 Å². The van der Waals surface area contributed by atoms with Gasteiger partial charge in [0.1, 0.15) is 6.33 Å². The molecule has 3 heterocycles. The minimum absolute atomic E-state index is 0.0202. The van der Waals surface area contributed by atoms with Gasteiger partial charge in [0.25, 0.3) is 0 Å². The van der Waals surface area contributed by atoms with E-state index in [0.29, 0.717) is 46.5 Å². The van der Waals surface area contributed by atoms with Crippen LogP contribution in [0.15, 0.2) is 28.5 Å². The van der Waals surface area contributed by atoms with Crippen LogP contribution >= 0.6 is 11.8 Å². The Bertz CT molecular complexity index is 1170. The van der Waals surface area contributed by atoms with E-state index in [1.165, 1.54) is 18.1 Å². The summed E-state index contributed by atoms with van der Waals surface area (Å²) in [5, 5.41) is 3.54. The molecule has 0 fully saturated rings. The lowest BCUT2D eigenvalue weighted by molar-refractivity contribution is -0.124. The van der Waals surface area contributed by atoms with Crippen LogP contribution in [0.25, 0.3) is 11.2 Å². The third kappa shape index (κ3) is 3.71. The van der Waals surface area contributed by atoms with Gasteiger partial charge in [0.05, 0.1) is 0 Å². The van der Waals surface area contributed by atoms with Crippen LogP contribution in [0.3, 0.4) is 0 Å². The normalized spacial score (nSPS) is 12.3. The predicted molar refractivity (Wildman–Crippen MR) is 112 cm³/mol. The van der Waals surface area contributed by atoms with Crippen molar-refractivity contribution in [2.75, 3.05) is 19.1 Å². The number of rotatable bonds is 6. The molecule has 30 heavy (non-hydrogen) atoms.